The number of halogens is 2. The number of fused-ring (bicyclic) bond motifs is 1. The lowest BCUT2D eigenvalue weighted by molar-refractivity contribution is 0.917. The molecule has 0 saturated carbocycles. The Morgan fingerprint density at radius 2 is 0.955 bits per heavy atom. The first-order valence-electron chi connectivity index (χ1n) is 7.63. The van der Waals surface area contributed by atoms with Gasteiger partial charge in [0.2, 0.25) is 10.6 Å². The highest BCUT2D eigenvalue weighted by atomic mass is 35.5. The maximum atomic E-state index is 6.16. The van der Waals surface area contributed by atoms with E-state index in [4.69, 9.17) is 23.2 Å². The van der Waals surface area contributed by atoms with Crippen LogP contribution in [0.1, 0.15) is 25.7 Å². The molecule has 0 radical (unpaired) electrons. The largest absolute Gasteiger partial charge is 0.355 e. The molecular formula is C14H16Cl2N6. The van der Waals surface area contributed by atoms with Gasteiger partial charge in [-0.1, -0.05) is 0 Å². The number of rotatable bonds is 2. The highest BCUT2D eigenvalue weighted by Crippen LogP contribution is 2.33. The predicted molar refractivity (Wildman–Crippen MR) is 88.0 cm³/mol. The van der Waals surface area contributed by atoms with E-state index in [2.05, 4.69) is 29.7 Å². The van der Waals surface area contributed by atoms with Crippen LogP contribution in [0.25, 0.3) is 11.0 Å². The van der Waals surface area contributed by atoms with Crippen LogP contribution in [0.2, 0.25) is 10.6 Å². The van der Waals surface area contributed by atoms with Gasteiger partial charge in [-0.15, -0.1) is 0 Å². The second kappa shape index (κ2) is 5.66. The van der Waals surface area contributed by atoms with E-state index < -0.39 is 0 Å². The first-order valence-corrected chi connectivity index (χ1v) is 8.38. The van der Waals surface area contributed by atoms with Gasteiger partial charge in [0, 0.05) is 26.2 Å². The minimum Gasteiger partial charge on any atom is -0.355 e. The zero-order valence-corrected chi connectivity index (χ0v) is 13.6. The van der Waals surface area contributed by atoms with E-state index in [-0.39, 0.29) is 10.6 Å². The molecule has 0 spiro atoms. The molecule has 4 rings (SSSR count). The average Bonchev–Trinajstić information content (AvgIpc) is 3.19. The third-order valence-corrected chi connectivity index (χ3v) is 4.60. The molecule has 8 heteroatoms. The number of hydrogen-bond acceptors (Lipinski definition) is 6. The van der Waals surface area contributed by atoms with E-state index >= 15 is 0 Å². The molecule has 0 N–H and O–H groups in total. The minimum absolute atomic E-state index is 0.237. The Bertz CT molecular complexity index is 649. The van der Waals surface area contributed by atoms with E-state index in [0.717, 1.165) is 63.5 Å². The van der Waals surface area contributed by atoms with Gasteiger partial charge in [0.05, 0.1) is 0 Å². The van der Waals surface area contributed by atoms with Crippen molar-refractivity contribution >= 4 is 45.9 Å². The summed E-state index contributed by atoms with van der Waals surface area (Å²) in [4.78, 5) is 22.0. The molecule has 2 saturated heterocycles. The zero-order chi connectivity index (χ0) is 15.1. The molecule has 2 aromatic heterocycles. The first kappa shape index (κ1) is 14.2. The van der Waals surface area contributed by atoms with Crippen LogP contribution in [-0.2, 0) is 0 Å². The maximum absolute atomic E-state index is 6.16. The van der Waals surface area contributed by atoms with Gasteiger partial charge in [-0.25, -0.2) is 9.97 Å². The van der Waals surface area contributed by atoms with Crippen molar-refractivity contribution < 1.29 is 0 Å². The van der Waals surface area contributed by atoms with E-state index in [1.54, 1.807) is 0 Å². The van der Waals surface area contributed by atoms with Crippen molar-refractivity contribution in [2.45, 2.75) is 25.7 Å². The predicted octanol–water partition coefficient (Wildman–Crippen LogP) is 2.93. The summed E-state index contributed by atoms with van der Waals surface area (Å²) in [5.41, 5.74) is 1.40. The molecule has 2 aliphatic heterocycles. The summed E-state index contributed by atoms with van der Waals surface area (Å²) in [5.74, 6) is 1.55. The third kappa shape index (κ3) is 2.44. The molecule has 116 valence electrons. The zero-order valence-electron chi connectivity index (χ0n) is 12.1. The Balaban J connectivity index is 1.93. The van der Waals surface area contributed by atoms with Crippen LogP contribution in [0.3, 0.4) is 0 Å². The van der Waals surface area contributed by atoms with Crippen molar-refractivity contribution in [1.82, 2.24) is 19.9 Å². The number of nitrogens with zero attached hydrogens (tertiary/aromatic N) is 6. The van der Waals surface area contributed by atoms with Crippen LogP contribution >= 0.6 is 23.2 Å². The summed E-state index contributed by atoms with van der Waals surface area (Å²) in [5, 5.41) is 0.474. The average molecular weight is 339 g/mol. The van der Waals surface area contributed by atoms with Crippen molar-refractivity contribution in [3.63, 3.8) is 0 Å². The van der Waals surface area contributed by atoms with Gasteiger partial charge < -0.3 is 9.80 Å². The smallest absolute Gasteiger partial charge is 0.225 e. The molecule has 2 fully saturated rings. The van der Waals surface area contributed by atoms with Crippen LogP contribution in [0.4, 0.5) is 11.6 Å². The molecule has 0 aromatic carbocycles. The van der Waals surface area contributed by atoms with Crippen molar-refractivity contribution in [3.8, 4) is 0 Å². The van der Waals surface area contributed by atoms with Crippen LogP contribution in [0.5, 0.6) is 0 Å². The molecule has 0 amide bonds. The van der Waals surface area contributed by atoms with Crippen molar-refractivity contribution in [3.05, 3.63) is 10.6 Å². The van der Waals surface area contributed by atoms with Gasteiger partial charge >= 0.3 is 0 Å². The Kier molecular flexibility index (Phi) is 3.66. The lowest BCUT2D eigenvalue weighted by Gasteiger charge is -2.21. The molecule has 22 heavy (non-hydrogen) atoms. The number of anilines is 2. The fraction of sp³-hybridized carbons (Fsp3) is 0.571. The quantitative estimate of drug-likeness (QED) is 0.784. The monoisotopic (exact) mass is 338 g/mol. The van der Waals surface area contributed by atoms with Crippen LogP contribution in [0, 0.1) is 0 Å². The second-order valence-electron chi connectivity index (χ2n) is 5.72. The molecule has 6 nitrogen and oxygen atoms in total. The third-order valence-electron chi connectivity index (χ3n) is 4.26. The number of hydrogen-bond donors (Lipinski definition) is 0. The van der Waals surface area contributed by atoms with E-state index in [1.807, 2.05) is 0 Å². The number of aromatic nitrogens is 4. The van der Waals surface area contributed by atoms with Gasteiger partial charge in [0.25, 0.3) is 0 Å². The fourth-order valence-electron chi connectivity index (χ4n) is 3.23. The molecular weight excluding hydrogens is 323 g/mol. The molecule has 2 aliphatic rings. The Morgan fingerprint density at radius 3 is 1.32 bits per heavy atom. The molecule has 0 aliphatic carbocycles. The van der Waals surface area contributed by atoms with E-state index in [0.29, 0.717) is 11.0 Å². The van der Waals surface area contributed by atoms with Crippen LogP contribution in [-0.4, -0.2) is 46.1 Å². The van der Waals surface area contributed by atoms with Crippen LogP contribution < -0.4 is 9.80 Å². The lowest BCUT2D eigenvalue weighted by Crippen LogP contribution is -2.22. The highest BCUT2D eigenvalue weighted by molar-refractivity contribution is 6.30. The summed E-state index contributed by atoms with van der Waals surface area (Å²) in [6.07, 6.45) is 4.61. The summed E-state index contributed by atoms with van der Waals surface area (Å²) in [7, 11) is 0. The van der Waals surface area contributed by atoms with Crippen molar-refractivity contribution in [1.29, 1.82) is 0 Å². The Labute approximate surface area is 138 Å². The lowest BCUT2D eigenvalue weighted by atomic mass is 10.3. The molecule has 0 bridgehead atoms. The Morgan fingerprint density at radius 1 is 0.591 bits per heavy atom. The summed E-state index contributed by atoms with van der Waals surface area (Å²) in [6.45, 7) is 3.85. The van der Waals surface area contributed by atoms with Gasteiger partial charge in [0.1, 0.15) is 11.0 Å². The minimum atomic E-state index is 0.237. The Hall–Kier alpha value is -1.40. The molecule has 0 unspecified atom stereocenters. The van der Waals surface area contributed by atoms with Gasteiger partial charge in [-0.2, -0.15) is 9.97 Å². The summed E-state index contributed by atoms with van der Waals surface area (Å²) >= 11 is 12.3. The molecule has 0 atom stereocenters. The van der Waals surface area contributed by atoms with Gasteiger partial charge in [0.15, 0.2) is 11.6 Å². The molecule has 4 heterocycles. The normalized spacial score (nSPS) is 18.6. The van der Waals surface area contributed by atoms with Crippen LogP contribution in [0.15, 0.2) is 0 Å². The van der Waals surface area contributed by atoms with Crippen molar-refractivity contribution in [2.24, 2.45) is 0 Å². The maximum Gasteiger partial charge on any atom is 0.225 e. The van der Waals surface area contributed by atoms with E-state index in [1.165, 1.54) is 0 Å². The second-order valence-corrected chi connectivity index (χ2v) is 6.39. The highest BCUT2D eigenvalue weighted by Gasteiger charge is 2.24. The van der Waals surface area contributed by atoms with Crippen molar-refractivity contribution in [2.75, 3.05) is 36.0 Å². The van der Waals surface area contributed by atoms with E-state index in [9.17, 15) is 0 Å². The topological polar surface area (TPSA) is 58.0 Å². The fourth-order valence-corrected chi connectivity index (χ4v) is 3.56. The molecule has 2 aromatic rings. The summed E-state index contributed by atoms with van der Waals surface area (Å²) in [6, 6.07) is 0. The summed E-state index contributed by atoms with van der Waals surface area (Å²) < 4.78 is 0. The van der Waals surface area contributed by atoms with Gasteiger partial charge in [-0.3, -0.25) is 0 Å². The first-order chi connectivity index (χ1) is 10.7. The standard InChI is InChI=1S/C14H16Cl2N6/c15-13-18-10-9(11(19-13)21-5-1-2-6-21)17-14(16)20-12(10)22-7-3-4-8-22/h1-8H2. The van der Waals surface area contributed by atoms with Gasteiger partial charge in [-0.05, 0) is 48.9 Å². The SMILES string of the molecule is Clc1nc(N2CCCC2)c2nc(Cl)nc(N3CCCC3)c2n1.